The quantitative estimate of drug-likeness (QED) is 0.644. The van der Waals surface area contributed by atoms with Crippen LogP contribution in [0.3, 0.4) is 0 Å². The molecule has 0 bridgehead atoms. The van der Waals surface area contributed by atoms with Crippen LogP contribution in [0.1, 0.15) is 44.3 Å². The molecule has 0 aliphatic rings. The minimum atomic E-state index is 0.00136. The van der Waals surface area contributed by atoms with Gasteiger partial charge in [0.1, 0.15) is 5.82 Å². The fourth-order valence-corrected chi connectivity index (χ4v) is 3.44. The summed E-state index contributed by atoms with van der Waals surface area (Å²) in [5.41, 5.74) is 4.18. The van der Waals surface area contributed by atoms with E-state index in [4.69, 9.17) is 0 Å². The zero-order valence-electron chi connectivity index (χ0n) is 15.7. The van der Waals surface area contributed by atoms with Crippen LogP contribution in [0.25, 0.3) is 11.0 Å². The fraction of sp³-hybridized carbons (Fsp3) is 0.333. The number of benzene rings is 2. The number of amides is 1. The summed E-state index contributed by atoms with van der Waals surface area (Å²) in [6.45, 7) is 8.60. The van der Waals surface area contributed by atoms with Crippen LogP contribution in [0.15, 0.2) is 48.5 Å². The van der Waals surface area contributed by atoms with Gasteiger partial charge < -0.3 is 10.3 Å². The number of nitrogens with zero attached hydrogens (tertiary/aromatic N) is 1. The third-order valence-corrected chi connectivity index (χ3v) is 5.44. The Morgan fingerprint density at radius 1 is 1.15 bits per heavy atom. The molecule has 26 heavy (non-hydrogen) atoms. The molecule has 1 heterocycles. The lowest BCUT2D eigenvalue weighted by molar-refractivity contribution is -0.113. The summed E-state index contributed by atoms with van der Waals surface area (Å²) in [5.74, 6) is 1.29. The van der Waals surface area contributed by atoms with Gasteiger partial charge in [-0.15, -0.1) is 11.8 Å². The summed E-state index contributed by atoms with van der Waals surface area (Å²) in [4.78, 5) is 20.2. The molecule has 0 unspecified atom stereocenters. The van der Waals surface area contributed by atoms with Crippen molar-refractivity contribution in [2.24, 2.45) is 0 Å². The Bertz CT molecular complexity index is 861. The zero-order valence-corrected chi connectivity index (χ0v) is 16.5. The molecular formula is C21H25N3OS. The van der Waals surface area contributed by atoms with Gasteiger partial charge in [-0.1, -0.05) is 45.0 Å². The molecule has 0 radical (unpaired) electrons. The molecule has 0 aliphatic carbocycles. The van der Waals surface area contributed by atoms with E-state index in [1.807, 2.05) is 36.4 Å². The number of imidazole rings is 1. The third-order valence-electron chi connectivity index (χ3n) is 4.29. The van der Waals surface area contributed by atoms with Gasteiger partial charge in [0.15, 0.2) is 0 Å². The van der Waals surface area contributed by atoms with Gasteiger partial charge in [-0.25, -0.2) is 4.98 Å². The number of hydrogen-bond acceptors (Lipinski definition) is 3. The smallest absolute Gasteiger partial charge is 0.234 e. The maximum absolute atomic E-state index is 12.2. The first-order valence-electron chi connectivity index (χ1n) is 8.79. The molecule has 0 saturated carbocycles. The van der Waals surface area contributed by atoms with Gasteiger partial charge in [0.25, 0.3) is 0 Å². The average molecular weight is 368 g/mol. The maximum Gasteiger partial charge on any atom is 0.234 e. The summed E-state index contributed by atoms with van der Waals surface area (Å²) in [5, 5.41) is 3.09. The number of aromatic amines is 1. The normalized spacial score (nSPS) is 12.9. The first-order chi connectivity index (χ1) is 12.3. The van der Waals surface area contributed by atoms with Crippen molar-refractivity contribution < 1.29 is 4.79 Å². The Kier molecular flexibility index (Phi) is 5.37. The molecular weight excluding hydrogens is 342 g/mol. The molecule has 1 amide bonds. The summed E-state index contributed by atoms with van der Waals surface area (Å²) >= 11 is 1.57. The van der Waals surface area contributed by atoms with Crippen LogP contribution in [0, 0.1) is 0 Å². The number of carbonyl (C=O) groups is 1. The van der Waals surface area contributed by atoms with Gasteiger partial charge in [0.05, 0.1) is 22.0 Å². The number of carbonyl (C=O) groups excluding carboxylic acids is 1. The van der Waals surface area contributed by atoms with E-state index in [9.17, 15) is 4.79 Å². The van der Waals surface area contributed by atoms with Crippen molar-refractivity contribution in [2.45, 2.75) is 38.4 Å². The first-order valence-corrected chi connectivity index (χ1v) is 9.84. The highest BCUT2D eigenvalue weighted by Gasteiger charge is 2.15. The van der Waals surface area contributed by atoms with Crippen molar-refractivity contribution in [3.63, 3.8) is 0 Å². The van der Waals surface area contributed by atoms with E-state index in [0.717, 1.165) is 22.5 Å². The van der Waals surface area contributed by atoms with Crippen LogP contribution in [0.5, 0.6) is 0 Å². The van der Waals surface area contributed by atoms with E-state index in [2.05, 4.69) is 55.1 Å². The number of H-pyrrole nitrogens is 1. The van der Waals surface area contributed by atoms with E-state index >= 15 is 0 Å². The summed E-state index contributed by atoms with van der Waals surface area (Å²) in [7, 11) is 0. The highest BCUT2D eigenvalue weighted by molar-refractivity contribution is 8.00. The largest absolute Gasteiger partial charge is 0.341 e. The van der Waals surface area contributed by atoms with Crippen molar-refractivity contribution in [1.29, 1.82) is 0 Å². The number of aromatic nitrogens is 2. The molecule has 5 heteroatoms. The van der Waals surface area contributed by atoms with E-state index < -0.39 is 0 Å². The molecule has 136 valence electrons. The van der Waals surface area contributed by atoms with Gasteiger partial charge in [-0.3, -0.25) is 4.79 Å². The molecule has 1 aromatic heterocycles. The van der Waals surface area contributed by atoms with Gasteiger partial charge in [0.2, 0.25) is 5.91 Å². The number of thioether (sulfide) groups is 1. The third kappa shape index (κ3) is 4.47. The van der Waals surface area contributed by atoms with Crippen LogP contribution in [0.4, 0.5) is 5.69 Å². The van der Waals surface area contributed by atoms with Crippen molar-refractivity contribution in [3.05, 3.63) is 59.9 Å². The molecule has 0 spiro atoms. The second-order valence-electron chi connectivity index (χ2n) is 7.47. The lowest BCUT2D eigenvalue weighted by Gasteiger charge is -2.19. The summed E-state index contributed by atoms with van der Waals surface area (Å²) in [6.07, 6.45) is 0. The van der Waals surface area contributed by atoms with Gasteiger partial charge in [0, 0.05) is 5.69 Å². The molecule has 0 aliphatic heterocycles. The predicted octanol–water partition coefficient (Wildman–Crippen LogP) is 5.29. The monoisotopic (exact) mass is 367 g/mol. The number of anilines is 1. The predicted molar refractivity (Wildman–Crippen MR) is 111 cm³/mol. The Labute approximate surface area is 158 Å². The number of rotatable bonds is 5. The number of hydrogen-bond donors (Lipinski definition) is 2. The van der Waals surface area contributed by atoms with Crippen LogP contribution < -0.4 is 5.32 Å². The molecule has 3 aromatic rings. The average Bonchev–Trinajstić information content (AvgIpc) is 3.03. The SMILES string of the molecule is C[C@H](SCC(=O)Nc1ccc(C(C)(C)C)cc1)c1nc2ccccc2[nH]1. The molecule has 0 saturated heterocycles. The number of fused-ring (bicyclic) bond motifs is 1. The van der Waals surface area contributed by atoms with Crippen LogP contribution >= 0.6 is 11.8 Å². The second kappa shape index (κ2) is 7.54. The highest BCUT2D eigenvalue weighted by Crippen LogP contribution is 2.28. The number of para-hydroxylation sites is 2. The zero-order chi connectivity index (χ0) is 18.7. The van der Waals surface area contributed by atoms with E-state index in [1.165, 1.54) is 5.56 Å². The van der Waals surface area contributed by atoms with Crippen molar-refractivity contribution >= 4 is 34.4 Å². The molecule has 4 nitrogen and oxygen atoms in total. The van der Waals surface area contributed by atoms with Crippen LogP contribution in [0.2, 0.25) is 0 Å². The van der Waals surface area contributed by atoms with Gasteiger partial charge in [-0.05, 0) is 42.2 Å². The van der Waals surface area contributed by atoms with Crippen LogP contribution in [-0.2, 0) is 10.2 Å². The Hall–Kier alpha value is -2.27. The summed E-state index contributed by atoms with van der Waals surface area (Å²) in [6, 6.07) is 16.0. The van der Waals surface area contributed by atoms with Gasteiger partial charge >= 0.3 is 0 Å². The minimum Gasteiger partial charge on any atom is -0.341 e. The Morgan fingerprint density at radius 3 is 2.50 bits per heavy atom. The van der Waals surface area contributed by atoms with E-state index in [0.29, 0.717) is 5.75 Å². The number of nitrogens with one attached hydrogen (secondary N) is 2. The molecule has 2 N–H and O–H groups in total. The molecule has 3 rings (SSSR count). The Morgan fingerprint density at radius 2 is 1.85 bits per heavy atom. The molecule has 0 fully saturated rings. The fourth-order valence-electron chi connectivity index (χ4n) is 2.70. The van der Waals surface area contributed by atoms with Crippen LogP contribution in [-0.4, -0.2) is 21.6 Å². The lowest BCUT2D eigenvalue weighted by Crippen LogP contribution is -2.15. The van der Waals surface area contributed by atoms with Crippen molar-refractivity contribution in [1.82, 2.24) is 9.97 Å². The Balaban J connectivity index is 1.55. The minimum absolute atomic E-state index is 0.00136. The molecule has 2 aromatic carbocycles. The molecule has 1 atom stereocenters. The van der Waals surface area contributed by atoms with E-state index in [-0.39, 0.29) is 16.6 Å². The standard InChI is InChI=1S/C21H25N3OS/c1-14(20-23-17-7-5-6-8-18(17)24-20)26-13-19(25)22-16-11-9-15(10-12-16)21(2,3)4/h5-12,14H,13H2,1-4H3,(H,22,25)(H,23,24)/t14-/m0/s1. The van der Waals surface area contributed by atoms with Gasteiger partial charge in [-0.2, -0.15) is 0 Å². The maximum atomic E-state index is 12.2. The lowest BCUT2D eigenvalue weighted by atomic mass is 9.87. The first kappa shape index (κ1) is 18.5. The summed E-state index contributed by atoms with van der Waals surface area (Å²) < 4.78 is 0. The highest BCUT2D eigenvalue weighted by atomic mass is 32.2. The van der Waals surface area contributed by atoms with Crippen molar-refractivity contribution in [3.8, 4) is 0 Å². The van der Waals surface area contributed by atoms with Crippen molar-refractivity contribution in [2.75, 3.05) is 11.1 Å². The van der Waals surface area contributed by atoms with E-state index in [1.54, 1.807) is 11.8 Å². The topological polar surface area (TPSA) is 57.8 Å². The second-order valence-corrected chi connectivity index (χ2v) is 8.80.